The molecule has 88 valence electrons. The molecule has 5 nitrogen and oxygen atoms in total. The summed E-state index contributed by atoms with van der Waals surface area (Å²) in [5, 5.41) is 12.9. The number of thiophene rings is 1. The fourth-order valence-corrected chi connectivity index (χ4v) is 2.29. The van der Waals surface area contributed by atoms with Gasteiger partial charge in [-0.25, -0.2) is 4.79 Å². The molecule has 2 N–H and O–H groups in total. The third-order valence-electron chi connectivity index (χ3n) is 2.29. The van der Waals surface area contributed by atoms with Crippen molar-refractivity contribution in [2.75, 3.05) is 13.2 Å². The Hall–Kier alpha value is -1.84. The van der Waals surface area contributed by atoms with E-state index in [-0.39, 0.29) is 31.6 Å². The summed E-state index contributed by atoms with van der Waals surface area (Å²) in [6.07, 6.45) is 0. The molecule has 17 heavy (non-hydrogen) atoms. The summed E-state index contributed by atoms with van der Waals surface area (Å²) in [5.41, 5.74) is 0.747. The zero-order valence-electron chi connectivity index (χ0n) is 8.90. The highest BCUT2D eigenvalue weighted by molar-refractivity contribution is 7.10. The van der Waals surface area contributed by atoms with Gasteiger partial charge in [0.1, 0.15) is 6.61 Å². The van der Waals surface area contributed by atoms with Crippen LogP contribution in [-0.2, 0) is 11.3 Å². The molecule has 1 aliphatic heterocycles. The van der Waals surface area contributed by atoms with Gasteiger partial charge in [-0.05, 0) is 11.4 Å². The van der Waals surface area contributed by atoms with Crippen LogP contribution in [0.1, 0.15) is 10.4 Å². The van der Waals surface area contributed by atoms with Crippen molar-refractivity contribution in [3.8, 4) is 11.8 Å². The first-order chi connectivity index (χ1) is 8.22. The van der Waals surface area contributed by atoms with Crippen LogP contribution in [0.4, 0.5) is 4.79 Å². The quantitative estimate of drug-likeness (QED) is 0.579. The standard InChI is InChI=1S/C11H10N2O3S/c14-4-1-2-8-3-5-17-9(8)7-13-10(15)6-12-11(13)16/h3,5,14H,4,6-7H2,(H,12,16). The molecule has 0 bridgehead atoms. The number of aliphatic hydroxyl groups excluding tert-OH is 1. The normalized spacial score (nSPS) is 14.5. The first kappa shape index (κ1) is 11.6. The van der Waals surface area contributed by atoms with Crippen molar-refractivity contribution in [3.05, 3.63) is 21.9 Å². The van der Waals surface area contributed by atoms with Gasteiger partial charge in [-0.1, -0.05) is 11.8 Å². The summed E-state index contributed by atoms with van der Waals surface area (Å²) < 4.78 is 0. The lowest BCUT2D eigenvalue weighted by atomic mass is 10.2. The Morgan fingerprint density at radius 3 is 3.00 bits per heavy atom. The number of hydrogen-bond acceptors (Lipinski definition) is 4. The SMILES string of the molecule is O=C1CNC(=O)N1Cc1sccc1C#CCO. The summed E-state index contributed by atoms with van der Waals surface area (Å²) in [6, 6.07) is 1.44. The third kappa shape index (κ3) is 2.46. The summed E-state index contributed by atoms with van der Waals surface area (Å²) >= 11 is 1.43. The number of rotatable bonds is 2. The number of urea groups is 1. The van der Waals surface area contributed by atoms with E-state index < -0.39 is 0 Å². The van der Waals surface area contributed by atoms with E-state index in [1.165, 1.54) is 11.3 Å². The van der Waals surface area contributed by atoms with Crippen molar-refractivity contribution >= 4 is 23.3 Å². The summed E-state index contributed by atoms with van der Waals surface area (Å²) in [7, 11) is 0. The van der Waals surface area contributed by atoms with E-state index >= 15 is 0 Å². The van der Waals surface area contributed by atoms with E-state index in [1.807, 2.05) is 5.38 Å². The summed E-state index contributed by atoms with van der Waals surface area (Å²) in [5.74, 6) is 5.10. The van der Waals surface area contributed by atoms with Crippen molar-refractivity contribution in [1.29, 1.82) is 0 Å². The molecule has 0 saturated carbocycles. The second-order valence-corrected chi connectivity index (χ2v) is 4.36. The Morgan fingerprint density at radius 1 is 1.53 bits per heavy atom. The smallest absolute Gasteiger partial charge is 0.324 e. The minimum atomic E-state index is -0.371. The van der Waals surface area contributed by atoms with E-state index in [0.29, 0.717) is 0 Å². The number of nitrogens with zero attached hydrogens (tertiary/aromatic N) is 1. The number of carbonyl (C=O) groups is 2. The number of imide groups is 1. The van der Waals surface area contributed by atoms with Gasteiger partial charge < -0.3 is 10.4 Å². The number of aliphatic hydroxyl groups is 1. The molecular weight excluding hydrogens is 240 g/mol. The van der Waals surface area contributed by atoms with Crippen LogP contribution in [0, 0.1) is 11.8 Å². The lowest BCUT2D eigenvalue weighted by Crippen LogP contribution is -2.30. The van der Waals surface area contributed by atoms with Crippen molar-refractivity contribution in [3.63, 3.8) is 0 Å². The zero-order chi connectivity index (χ0) is 12.3. The van der Waals surface area contributed by atoms with Gasteiger partial charge in [-0.15, -0.1) is 11.3 Å². The van der Waals surface area contributed by atoms with E-state index in [0.717, 1.165) is 15.3 Å². The Labute approximate surface area is 102 Å². The molecule has 1 fully saturated rings. The van der Waals surface area contributed by atoms with E-state index in [2.05, 4.69) is 17.2 Å². The number of hydrogen-bond donors (Lipinski definition) is 2. The first-order valence-electron chi connectivity index (χ1n) is 4.96. The van der Waals surface area contributed by atoms with Crippen LogP contribution in [0.3, 0.4) is 0 Å². The Morgan fingerprint density at radius 2 is 2.35 bits per heavy atom. The molecule has 0 unspecified atom stereocenters. The first-order valence-corrected chi connectivity index (χ1v) is 5.84. The maximum absolute atomic E-state index is 11.4. The molecule has 1 aliphatic rings. The van der Waals surface area contributed by atoms with Crippen LogP contribution in [-0.4, -0.2) is 35.1 Å². The topological polar surface area (TPSA) is 69.6 Å². The van der Waals surface area contributed by atoms with Crippen LogP contribution in [0.25, 0.3) is 0 Å². The van der Waals surface area contributed by atoms with Gasteiger partial charge >= 0.3 is 6.03 Å². The van der Waals surface area contributed by atoms with Crippen LogP contribution >= 0.6 is 11.3 Å². The van der Waals surface area contributed by atoms with Gasteiger partial charge in [0, 0.05) is 10.4 Å². The minimum Gasteiger partial charge on any atom is -0.384 e. The third-order valence-corrected chi connectivity index (χ3v) is 3.19. The van der Waals surface area contributed by atoms with Gasteiger partial charge in [0.25, 0.3) is 0 Å². The van der Waals surface area contributed by atoms with Gasteiger partial charge in [0.2, 0.25) is 5.91 Å². The van der Waals surface area contributed by atoms with Crippen molar-refractivity contribution in [1.82, 2.24) is 10.2 Å². The van der Waals surface area contributed by atoms with Crippen LogP contribution < -0.4 is 5.32 Å². The molecule has 1 saturated heterocycles. The molecule has 2 rings (SSSR count). The minimum absolute atomic E-state index is 0.0574. The Balaban J connectivity index is 2.16. The fourth-order valence-electron chi connectivity index (χ4n) is 1.47. The zero-order valence-corrected chi connectivity index (χ0v) is 9.71. The highest BCUT2D eigenvalue weighted by Gasteiger charge is 2.29. The van der Waals surface area contributed by atoms with Crippen LogP contribution in [0.2, 0.25) is 0 Å². The van der Waals surface area contributed by atoms with Crippen LogP contribution in [0.5, 0.6) is 0 Å². The molecule has 0 aliphatic carbocycles. The number of amides is 3. The molecule has 6 heteroatoms. The summed E-state index contributed by atoms with van der Waals surface area (Å²) in [6.45, 7) is 0.0814. The highest BCUT2D eigenvalue weighted by atomic mass is 32.1. The van der Waals surface area contributed by atoms with Gasteiger partial charge in [-0.2, -0.15) is 0 Å². The average molecular weight is 250 g/mol. The molecular formula is C11H10N2O3S. The van der Waals surface area contributed by atoms with E-state index in [1.54, 1.807) is 6.07 Å². The molecule has 0 radical (unpaired) electrons. The van der Waals surface area contributed by atoms with Crippen molar-refractivity contribution in [2.45, 2.75) is 6.54 Å². The molecule has 1 aromatic rings. The predicted molar refractivity (Wildman–Crippen MR) is 62.2 cm³/mol. The Bertz CT molecular complexity index is 496. The number of carbonyl (C=O) groups excluding carboxylic acids is 2. The maximum Gasteiger partial charge on any atom is 0.324 e. The molecule has 3 amide bonds. The monoisotopic (exact) mass is 250 g/mol. The van der Waals surface area contributed by atoms with Crippen molar-refractivity contribution in [2.24, 2.45) is 0 Å². The highest BCUT2D eigenvalue weighted by Crippen LogP contribution is 2.19. The van der Waals surface area contributed by atoms with Gasteiger partial charge in [0.05, 0.1) is 13.1 Å². The van der Waals surface area contributed by atoms with Gasteiger partial charge in [0.15, 0.2) is 0 Å². The van der Waals surface area contributed by atoms with Gasteiger partial charge in [-0.3, -0.25) is 9.69 Å². The molecule has 2 heterocycles. The molecule has 1 aromatic heterocycles. The van der Waals surface area contributed by atoms with E-state index in [9.17, 15) is 9.59 Å². The molecule has 0 aromatic carbocycles. The fraction of sp³-hybridized carbons (Fsp3) is 0.273. The second kappa shape index (κ2) is 4.99. The predicted octanol–water partition coefficient (Wildman–Crippen LogP) is 0.144. The molecule has 0 atom stereocenters. The lowest BCUT2D eigenvalue weighted by Gasteiger charge is -2.10. The second-order valence-electron chi connectivity index (χ2n) is 3.36. The average Bonchev–Trinajstić information content (AvgIpc) is 2.88. The lowest BCUT2D eigenvalue weighted by molar-refractivity contribution is -0.125. The summed E-state index contributed by atoms with van der Waals surface area (Å²) in [4.78, 5) is 24.8. The largest absolute Gasteiger partial charge is 0.384 e. The van der Waals surface area contributed by atoms with Crippen molar-refractivity contribution < 1.29 is 14.7 Å². The van der Waals surface area contributed by atoms with E-state index in [4.69, 9.17) is 5.11 Å². The number of nitrogens with one attached hydrogen (secondary N) is 1. The maximum atomic E-state index is 11.4. The Kier molecular flexibility index (Phi) is 3.42. The van der Waals surface area contributed by atoms with Crippen LogP contribution in [0.15, 0.2) is 11.4 Å². The molecule has 0 spiro atoms.